The second-order valence-electron chi connectivity index (χ2n) is 15.8. The summed E-state index contributed by atoms with van der Waals surface area (Å²) in [6, 6.07) is 0. The third-order valence-corrected chi connectivity index (χ3v) is 14.6. The predicted molar refractivity (Wildman–Crippen MR) is 155 cm³/mol. The monoisotopic (exact) mass is 494 g/mol. The average Bonchev–Trinajstić information content (AvgIpc) is 3.59. The van der Waals surface area contributed by atoms with Crippen molar-refractivity contribution < 1.29 is 0 Å². The Labute approximate surface area is 225 Å². The molecule has 6 rings (SSSR count). The minimum atomic E-state index is 1.01. The molecule has 6 aliphatic rings. The van der Waals surface area contributed by atoms with Gasteiger partial charge in [0.1, 0.15) is 0 Å². The van der Waals surface area contributed by atoms with E-state index in [4.69, 9.17) is 0 Å². The van der Waals surface area contributed by atoms with Gasteiger partial charge < -0.3 is 0 Å². The van der Waals surface area contributed by atoms with Crippen LogP contribution in [0.2, 0.25) is 0 Å². The number of hydrogen-bond donors (Lipinski definition) is 0. The van der Waals surface area contributed by atoms with Crippen LogP contribution in [0.5, 0.6) is 0 Å². The van der Waals surface area contributed by atoms with Gasteiger partial charge in [-0.1, -0.05) is 91.9 Å². The van der Waals surface area contributed by atoms with E-state index in [0.29, 0.717) is 0 Å². The highest BCUT2D eigenvalue weighted by molar-refractivity contribution is 5.04. The Kier molecular flexibility index (Phi) is 8.19. The topological polar surface area (TPSA) is 0 Å². The lowest BCUT2D eigenvalue weighted by Crippen LogP contribution is -2.53. The molecule has 0 spiro atoms. The number of fused-ring (bicyclic) bond motifs is 2. The highest BCUT2D eigenvalue weighted by Gasteiger charge is 2.55. The molecule has 0 aromatic heterocycles. The fraction of sp³-hybridized carbons (Fsp3) is 1.00. The van der Waals surface area contributed by atoms with E-state index in [2.05, 4.69) is 27.7 Å². The zero-order chi connectivity index (χ0) is 24.8. The van der Waals surface area contributed by atoms with Crippen LogP contribution >= 0.6 is 0 Å². The van der Waals surface area contributed by atoms with Crippen LogP contribution in [0.1, 0.15) is 143 Å². The fourth-order valence-electron chi connectivity index (χ4n) is 12.8. The molecule has 0 N–H and O–H groups in total. The minimum absolute atomic E-state index is 1.01. The molecule has 0 amide bonds. The molecular formula is C36H62. The van der Waals surface area contributed by atoms with Crippen LogP contribution in [0.4, 0.5) is 0 Å². The molecular weight excluding hydrogens is 432 g/mol. The fourth-order valence-corrected chi connectivity index (χ4v) is 12.8. The Morgan fingerprint density at radius 1 is 0.417 bits per heavy atom. The third-order valence-electron chi connectivity index (χ3n) is 14.6. The maximum absolute atomic E-state index is 2.83. The molecule has 206 valence electrons. The third kappa shape index (κ3) is 4.78. The summed E-state index contributed by atoms with van der Waals surface area (Å²) in [5.74, 6) is 14.9. The lowest BCUT2D eigenvalue weighted by molar-refractivity contribution is -0.112. The SMILES string of the molecule is CCC1CCC(C2CC3CCCCC3C(C3C(C)C(C4CCC(CC)C4)CC4CCCCC43)C2C)C1. The summed E-state index contributed by atoms with van der Waals surface area (Å²) in [5, 5.41) is 0. The van der Waals surface area contributed by atoms with Gasteiger partial charge in [-0.05, 0) is 134 Å². The largest absolute Gasteiger partial charge is 0.0651 e. The van der Waals surface area contributed by atoms with Crippen molar-refractivity contribution in [3.05, 3.63) is 0 Å². The van der Waals surface area contributed by atoms with Gasteiger partial charge in [-0.3, -0.25) is 0 Å². The van der Waals surface area contributed by atoms with Crippen molar-refractivity contribution in [2.24, 2.45) is 82.9 Å². The predicted octanol–water partition coefficient (Wildman–Crippen LogP) is 10.8. The van der Waals surface area contributed by atoms with E-state index in [-0.39, 0.29) is 0 Å². The molecule has 0 heterocycles. The average molecular weight is 495 g/mol. The first-order valence-corrected chi connectivity index (χ1v) is 17.6. The highest BCUT2D eigenvalue weighted by Crippen LogP contribution is 2.63. The number of rotatable bonds is 5. The van der Waals surface area contributed by atoms with Gasteiger partial charge in [0.05, 0.1) is 0 Å². The summed E-state index contributed by atoms with van der Waals surface area (Å²) in [5.41, 5.74) is 0. The van der Waals surface area contributed by atoms with Crippen molar-refractivity contribution in [2.45, 2.75) is 143 Å². The van der Waals surface area contributed by atoms with Crippen LogP contribution in [0.15, 0.2) is 0 Å². The summed E-state index contributed by atoms with van der Waals surface area (Å²) >= 11 is 0. The smallest absolute Gasteiger partial charge is 0.0321 e. The standard InChI is InChI=1S/C36H62/c1-5-25-15-17-29(19-25)33-21-27-11-7-9-13-31(27)35(23(33)3)36-24(4)34(30-18-16-26(6-2)20-30)22-28-12-8-10-14-32(28)36/h23-36H,5-22H2,1-4H3. The van der Waals surface area contributed by atoms with Crippen molar-refractivity contribution in [1.29, 1.82) is 0 Å². The van der Waals surface area contributed by atoms with E-state index in [9.17, 15) is 0 Å². The van der Waals surface area contributed by atoms with Gasteiger partial charge in [-0.25, -0.2) is 0 Å². The van der Waals surface area contributed by atoms with E-state index in [1.54, 1.807) is 103 Å². The van der Waals surface area contributed by atoms with Gasteiger partial charge in [0.25, 0.3) is 0 Å². The van der Waals surface area contributed by atoms with Crippen LogP contribution < -0.4 is 0 Å². The summed E-state index contributed by atoms with van der Waals surface area (Å²) in [7, 11) is 0. The molecule has 0 aromatic rings. The molecule has 0 aromatic carbocycles. The van der Waals surface area contributed by atoms with Gasteiger partial charge in [-0.2, -0.15) is 0 Å². The summed E-state index contributed by atoms with van der Waals surface area (Å²) in [4.78, 5) is 0. The lowest BCUT2D eigenvalue weighted by atomic mass is 9.45. The van der Waals surface area contributed by atoms with Crippen LogP contribution in [-0.2, 0) is 0 Å². The molecule has 6 fully saturated rings. The van der Waals surface area contributed by atoms with Gasteiger partial charge in [0, 0.05) is 0 Å². The Bertz CT molecular complexity index is 649. The first kappa shape index (κ1) is 26.2. The molecule has 0 aliphatic heterocycles. The van der Waals surface area contributed by atoms with Gasteiger partial charge in [0.15, 0.2) is 0 Å². The molecule has 0 saturated heterocycles. The van der Waals surface area contributed by atoms with E-state index < -0.39 is 0 Å². The van der Waals surface area contributed by atoms with Crippen LogP contribution in [0, 0.1) is 82.9 Å². The zero-order valence-electron chi connectivity index (χ0n) is 24.8. The number of hydrogen-bond acceptors (Lipinski definition) is 0. The first-order valence-electron chi connectivity index (χ1n) is 17.6. The molecule has 36 heavy (non-hydrogen) atoms. The Hall–Kier alpha value is 0. The van der Waals surface area contributed by atoms with Gasteiger partial charge >= 0.3 is 0 Å². The second kappa shape index (κ2) is 11.2. The maximum Gasteiger partial charge on any atom is -0.0321 e. The van der Waals surface area contributed by atoms with Gasteiger partial charge in [0.2, 0.25) is 0 Å². The van der Waals surface area contributed by atoms with E-state index in [0.717, 1.165) is 82.9 Å². The zero-order valence-corrected chi connectivity index (χ0v) is 24.8. The molecule has 0 bridgehead atoms. The molecule has 0 radical (unpaired) electrons. The first-order chi connectivity index (χ1) is 17.6. The van der Waals surface area contributed by atoms with Crippen LogP contribution in [-0.4, -0.2) is 0 Å². The summed E-state index contributed by atoms with van der Waals surface area (Å²) < 4.78 is 0. The molecule has 6 aliphatic carbocycles. The Morgan fingerprint density at radius 3 is 1.19 bits per heavy atom. The van der Waals surface area contributed by atoms with Crippen LogP contribution in [0.3, 0.4) is 0 Å². The molecule has 14 atom stereocenters. The van der Waals surface area contributed by atoms with Crippen molar-refractivity contribution in [2.75, 3.05) is 0 Å². The van der Waals surface area contributed by atoms with Crippen molar-refractivity contribution in [3.63, 3.8) is 0 Å². The molecule has 6 saturated carbocycles. The molecule has 0 nitrogen and oxygen atoms in total. The normalized spacial score (nSPS) is 53.7. The quantitative estimate of drug-likeness (QED) is 0.356. The maximum atomic E-state index is 2.83. The van der Waals surface area contributed by atoms with E-state index >= 15 is 0 Å². The highest BCUT2D eigenvalue weighted by atomic mass is 14.6. The minimum Gasteiger partial charge on any atom is -0.0651 e. The van der Waals surface area contributed by atoms with Gasteiger partial charge in [-0.15, -0.1) is 0 Å². The summed E-state index contributed by atoms with van der Waals surface area (Å²) in [6.45, 7) is 10.6. The Balaban J connectivity index is 1.31. The summed E-state index contributed by atoms with van der Waals surface area (Å²) in [6.07, 6.45) is 28.2. The van der Waals surface area contributed by atoms with Crippen molar-refractivity contribution in [1.82, 2.24) is 0 Å². The molecule has 0 heteroatoms. The van der Waals surface area contributed by atoms with Crippen molar-refractivity contribution >= 4 is 0 Å². The van der Waals surface area contributed by atoms with Crippen LogP contribution in [0.25, 0.3) is 0 Å². The Morgan fingerprint density at radius 2 is 0.806 bits per heavy atom. The van der Waals surface area contributed by atoms with E-state index in [1.165, 1.54) is 12.8 Å². The second-order valence-corrected chi connectivity index (χ2v) is 15.8. The molecule has 14 unspecified atom stereocenters. The van der Waals surface area contributed by atoms with Crippen molar-refractivity contribution in [3.8, 4) is 0 Å². The lowest BCUT2D eigenvalue weighted by Gasteiger charge is -2.60. The van der Waals surface area contributed by atoms with E-state index in [1.807, 2.05) is 0 Å².